The Bertz CT molecular complexity index is 373. The van der Waals surface area contributed by atoms with E-state index in [0.717, 1.165) is 12.8 Å². The molecule has 5 nitrogen and oxygen atoms in total. The van der Waals surface area contributed by atoms with Crippen LogP contribution in [0.15, 0.2) is 18.3 Å². The van der Waals surface area contributed by atoms with Crippen molar-refractivity contribution < 1.29 is 4.79 Å². The Hall–Kier alpha value is -1.27. The third-order valence-corrected chi connectivity index (χ3v) is 3.18. The molecular formula is C12H20N4OS. The number of aromatic nitrogens is 1. The molecule has 0 saturated carbocycles. The van der Waals surface area contributed by atoms with Gasteiger partial charge in [0.1, 0.15) is 5.82 Å². The first-order valence-electron chi connectivity index (χ1n) is 5.97. The molecule has 0 saturated heterocycles. The first-order valence-corrected chi connectivity index (χ1v) is 7.37. The maximum absolute atomic E-state index is 11.8. The van der Waals surface area contributed by atoms with Crippen LogP contribution >= 0.6 is 11.8 Å². The second-order valence-corrected chi connectivity index (χ2v) is 4.87. The van der Waals surface area contributed by atoms with Gasteiger partial charge in [0.25, 0.3) is 5.91 Å². The number of rotatable bonds is 8. The molecule has 6 heteroatoms. The maximum Gasteiger partial charge on any atom is 0.251 e. The van der Waals surface area contributed by atoms with Crippen molar-refractivity contribution in [1.29, 1.82) is 0 Å². The van der Waals surface area contributed by atoms with Crippen LogP contribution in [0.25, 0.3) is 0 Å². The van der Waals surface area contributed by atoms with E-state index in [1.807, 2.05) is 11.8 Å². The van der Waals surface area contributed by atoms with Gasteiger partial charge in [-0.1, -0.05) is 6.42 Å². The number of anilines is 1. The van der Waals surface area contributed by atoms with Crippen LogP contribution in [0.3, 0.4) is 0 Å². The predicted molar refractivity (Wildman–Crippen MR) is 76.6 cm³/mol. The van der Waals surface area contributed by atoms with Crippen molar-refractivity contribution in [3.05, 3.63) is 23.9 Å². The molecule has 4 N–H and O–H groups in total. The zero-order valence-electron chi connectivity index (χ0n) is 10.6. The van der Waals surface area contributed by atoms with Gasteiger partial charge in [-0.05, 0) is 37.0 Å². The van der Waals surface area contributed by atoms with Crippen LogP contribution in [-0.2, 0) is 0 Å². The molecule has 1 aromatic rings. The molecular weight excluding hydrogens is 248 g/mol. The van der Waals surface area contributed by atoms with Crippen LogP contribution in [0.4, 0.5) is 5.82 Å². The van der Waals surface area contributed by atoms with Crippen molar-refractivity contribution in [1.82, 2.24) is 10.3 Å². The van der Waals surface area contributed by atoms with E-state index in [1.54, 1.807) is 18.3 Å². The average Bonchev–Trinajstić information content (AvgIpc) is 2.42. The Morgan fingerprint density at radius 3 is 3.00 bits per heavy atom. The second-order valence-electron chi connectivity index (χ2n) is 3.88. The van der Waals surface area contributed by atoms with Crippen molar-refractivity contribution in [2.24, 2.45) is 5.84 Å². The van der Waals surface area contributed by atoms with E-state index in [-0.39, 0.29) is 5.91 Å². The van der Waals surface area contributed by atoms with Crippen molar-refractivity contribution in [3.63, 3.8) is 0 Å². The van der Waals surface area contributed by atoms with Gasteiger partial charge in [0.15, 0.2) is 0 Å². The zero-order chi connectivity index (χ0) is 13.2. The van der Waals surface area contributed by atoms with Gasteiger partial charge in [0, 0.05) is 18.3 Å². The van der Waals surface area contributed by atoms with Gasteiger partial charge in [-0.15, -0.1) is 0 Å². The summed E-state index contributed by atoms with van der Waals surface area (Å²) in [5, 5.41) is 2.89. The van der Waals surface area contributed by atoms with Gasteiger partial charge in [-0.25, -0.2) is 10.8 Å². The van der Waals surface area contributed by atoms with E-state index in [1.165, 1.54) is 12.2 Å². The second kappa shape index (κ2) is 8.77. The predicted octanol–water partition coefficient (Wildman–Crippen LogP) is 1.63. The first kappa shape index (κ1) is 14.8. The zero-order valence-corrected chi connectivity index (χ0v) is 11.4. The minimum absolute atomic E-state index is 0.0845. The molecule has 0 radical (unpaired) electrons. The van der Waals surface area contributed by atoms with E-state index < -0.39 is 0 Å². The number of nitrogens with zero attached hydrogens (tertiary/aromatic N) is 1. The van der Waals surface area contributed by atoms with Crippen LogP contribution in [0, 0.1) is 0 Å². The molecule has 0 bridgehead atoms. The number of hydrazine groups is 1. The summed E-state index contributed by atoms with van der Waals surface area (Å²) in [6.07, 6.45) is 7.02. The molecule has 1 heterocycles. The van der Waals surface area contributed by atoms with Gasteiger partial charge in [-0.2, -0.15) is 11.8 Å². The van der Waals surface area contributed by atoms with E-state index in [9.17, 15) is 4.79 Å². The molecule has 0 aliphatic heterocycles. The van der Waals surface area contributed by atoms with Crippen LogP contribution < -0.4 is 16.6 Å². The summed E-state index contributed by atoms with van der Waals surface area (Å²) in [5.41, 5.74) is 2.99. The molecule has 0 atom stereocenters. The van der Waals surface area contributed by atoms with Gasteiger partial charge in [0.2, 0.25) is 0 Å². The third-order valence-electron chi connectivity index (χ3n) is 2.48. The first-order chi connectivity index (χ1) is 8.77. The van der Waals surface area contributed by atoms with Crippen LogP contribution in [0.5, 0.6) is 0 Å². The molecule has 1 amide bonds. The van der Waals surface area contributed by atoms with Crippen molar-refractivity contribution in [2.75, 3.05) is 24.0 Å². The Labute approximate surface area is 112 Å². The molecule has 1 aromatic heterocycles. The lowest BCUT2D eigenvalue weighted by atomic mass is 10.2. The van der Waals surface area contributed by atoms with Crippen LogP contribution in [0.1, 0.15) is 29.6 Å². The molecule has 100 valence electrons. The minimum atomic E-state index is -0.0845. The van der Waals surface area contributed by atoms with Crippen LogP contribution in [0.2, 0.25) is 0 Å². The lowest BCUT2D eigenvalue weighted by Gasteiger charge is -2.06. The number of carbonyl (C=O) groups excluding carboxylic acids is 1. The lowest BCUT2D eigenvalue weighted by Crippen LogP contribution is -2.24. The van der Waals surface area contributed by atoms with E-state index in [2.05, 4.69) is 22.0 Å². The Balaban J connectivity index is 2.27. The van der Waals surface area contributed by atoms with E-state index in [4.69, 9.17) is 5.84 Å². The monoisotopic (exact) mass is 268 g/mol. The van der Waals surface area contributed by atoms with Gasteiger partial charge in [0.05, 0.1) is 0 Å². The van der Waals surface area contributed by atoms with E-state index >= 15 is 0 Å². The number of nitrogens with two attached hydrogens (primary N) is 1. The molecule has 0 spiro atoms. The summed E-state index contributed by atoms with van der Waals surface area (Å²) >= 11 is 1.85. The normalized spacial score (nSPS) is 10.1. The number of nitrogens with one attached hydrogen (secondary N) is 2. The fourth-order valence-corrected chi connectivity index (χ4v) is 2.00. The summed E-state index contributed by atoms with van der Waals surface area (Å²) in [5.74, 6) is 6.83. The number of unbranched alkanes of at least 4 members (excludes halogenated alkanes) is 2. The molecule has 0 unspecified atom stereocenters. The summed E-state index contributed by atoms with van der Waals surface area (Å²) in [4.78, 5) is 15.7. The quantitative estimate of drug-likeness (QED) is 0.379. The fourth-order valence-electron chi connectivity index (χ4n) is 1.50. The smallest absolute Gasteiger partial charge is 0.251 e. The van der Waals surface area contributed by atoms with Crippen molar-refractivity contribution >= 4 is 23.5 Å². The van der Waals surface area contributed by atoms with Crippen molar-refractivity contribution in [3.8, 4) is 0 Å². The largest absolute Gasteiger partial charge is 0.352 e. The average molecular weight is 268 g/mol. The van der Waals surface area contributed by atoms with Crippen molar-refractivity contribution in [2.45, 2.75) is 19.3 Å². The number of hydrogen-bond donors (Lipinski definition) is 3. The van der Waals surface area contributed by atoms with E-state index in [0.29, 0.717) is 17.9 Å². The number of carbonyl (C=O) groups is 1. The molecule has 0 fully saturated rings. The lowest BCUT2D eigenvalue weighted by molar-refractivity contribution is 0.0953. The molecule has 0 aliphatic carbocycles. The third kappa shape index (κ3) is 5.37. The Morgan fingerprint density at radius 1 is 1.44 bits per heavy atom. The summed E-state index contributed by atoms with van der Waals surface area (Å²) in [7, 11) is 0. The molecule has 1 rings (SSSR count). The van der Waals surface area contributed by atoms with Gasteiger partial charge in [-0.3, -0.25) is 4.79 Å². The van der Waals surface area contributed by atoms with Crippen LogP contribution in [-0.4, -0.2) is 29.4 Å². The minimum Gasteiger partial charge on any atom is -0.352 e. The highest BCUT2D eigenvalue weighted by Gasteiger charge is 2.05. The summed E-state index contributed by atoms with van der Waals surface area (Å²) < 4.78 is 0. The highest BCUT2D eigenvalue weighted by atomic mass is 32.2. The fraction of sp³-hybridized carbons (Fsp3) is 0.500. The number of amides is 1. The number of nitrogen functional groups attached to an aromatic ring is 1. The molecule has 0 aromatic carbocycles. The topological polar surface area (TPSA) is 80.0 Å². The molecule has 0 aliphatic rings. The standard InChI is InChI=1S/C12H20N4OS/c1-18-8-4-2-3-6-15-12(17)10-5-7-14-11(9-10)16-13/h5,7,9H,2-4,6,8,13H2,1H3,(H,14,16)(H,15,17). The maximum atomic E-state index is 11.8. The molecule has 18 heavy (non-hydrogen) atoms. The van der Waals surface area contributed by atoms with Gasteiger partial charge < -0.3 is 10.7 Å². The SMILES string of the molecule is CSCCCCCNC(=O)c1ccnc(NN)c1. The number of hydrogen-bond acceptors (Lipinski definition) is 5. The number of thioether (sulfide) groups is 1. The Kier molecular flexibility index (Phi) is 7.20. The Morgan fingerprint density at radius 2 is 2.28 bits per heavy atom. The highest BCUT2D eigenvalue weighted by Crippen LogP contribution is 2.05. The van der Waals surface area contributed by atoms with Gasteiger partial charge >= 0.3 is 0 Å². The summed E-state index contributed by atoms with van der Waals surface area (Å²) in [6.45, 7) is 0.709. The summed E-state index contributed by atoms with van der Waals surface area (Å²) in [6, 6.07) is 3.30. The number of pyridine rings is 1. The highest BCUT2D eigenvalue weighted by molar-refractivity contribution is 7.98.